The fourth-order valence-corrected chi connectivity index (χ4v) is 4.99. The molecule has 1 aliphatic rings. The van der Waals surface area contributed by atoms with Crippen molar-refractivity contribution in [2.45, 2.75) is 23.5 Å². The highest BCUT2D eigenvalue weighted by atomic mass is 32.2. The van der Waals surface area contributed by atoms with Gasteiger partial charge in [0.25, 0.3) is 0 Å². The molecule has 38 heavy (non-hydrogen) atoms. The van der Waals surface area contributed by atoms with Crippen molar-refractivity contribution in [2.24, 2.45) is 0 Å². The van der Waals surface area contributed by atoms with Crippen LogP contribution in [-0.2, 0) is 14.3 Å². The third-order valence-electron chi connectivity index (χ3n) is 5.67. The van der Waals surface area contributed by atoms with E-state index in [-0.39, 0.29) is 29.0 Å². The second-order valence-corrected chi connectivity index (χ2v) is 9.43. The fraction of sp³-hybridized carbons (Fsp3) is 0.179. The Labute approximate surface area is 222 Å². The van der Waals surface area contributed by atoms with Gasteiger partial charge in [-0.1, -0.05) is 12.1 Å². The number of ether oxygens (including phenoxy) is 2. The summed E-state index contributed by atoms with van der Waals surface area (Å²) in [5.41, 5.74) is 0.853. The number of hydrogen-bond donors (Lipinski definition) is 1. The summed E-state index contributed by atoms with van der Waals surface area (Å²) in [6.07, 6.45) is -0.0884. The van der Waals surface area contributed by atoms with Gasteiger partial charge in [-0.2, -0.15) is 0 Å². The molecular formula is C28H23NO8S. The summed E-state index contributed by atoms with van der Waals surface area (Å²) in [4.78, 5) is 63.3. The van der Waals surface area contributed by atoms with Crippen molar-refractivity contribution in [3.63, 3.8) is 0 Å². The van der Waals surface area contributed by atoms with Gasteiger partial charge in [0, 0.05) is 16.9 Å². The lowest BCUT2D eigenvalue weighted by atomic mass is 10.1. The number of imide groups is 1. The number of thioether (sulfide) groups is 1. The number of hydrogen-bond acceptors (Lipinski definition) is 8. The Morgan fingerprint density at radius 2 is 1.61 bits per heavy atom. The molecule has 1 atom stereocenters. The number of carbonyl (C=O) groups is 5. The molecule has 1 aliphatic heterocycles. The molecule has 0 aromatic heterocycles. The lowest BCUT2D eigenvalue weighted by Gasteiger charge is -2.15. The number of ketones is 1. The summed E-state index contributed by atoms with van der Waals surface area (Å²) in [7, 11) is 0. The largest absolute Gasteiger partial charge is 0.494 e. The van der Waals surface area contributed by atoms with Crippen molar-refractivity contribution < 1.29 is 38.6 Å². The van der Waals surface area contributed by atoms with Crippen LogP contribution in [0.25, 0.3) is 0 Å². The summed E-state index contributed by atoms with van der Waals surface area (Å²) >= 11 is 1.03. The predicted molar refractivity (Wildman–Crippen MR) is 139 cm³/mol. The van der Waals surface area contributed by atoms with E-state index in [2.05, 4.69) is 0 Å². The van der Waals surface area contributed by atoms with Crippen LogP contribution in [0.5, 0.6) is 5.75 Å². The predicted octanol–water partition coefficient (Wildman–Crippen LogP) is 4.25. The molecule has 2 amide bonds. The molecule has 1 heterocycles. The molecule has 0 aliphatic carbocycles. The van der Waals surface area contributed by atoms with E-state index in [4.69, 9.17) is 9.47 Å². The average molecular weight is 534 g/mol. The van der Waals surface area contributed by atoms with Gasteiger partial charge in [0.2, 0.25) is 11.8 Å². The van der Waals surface area contributed by atoms with E-state index >= 15 is 0 Å². The number of carboxylic acids is 1. The van der Waals surface area contributed by atoms with E-state index in [0.29, 0.717) is 22.8 Å². The zero-order valence-corrected chi connectivity index (χ0v) is 21.1. The normalized spacial score (nSPS) is 14.9. The van der Waals surface area contributed by atoms with Crippen molar-refractivity contribution in [3.8, 4) is 5.75 Å². The van der Waals surface area contributed by atoms with Gasteiger partial charge >= 0.3 is 11.9 Å². The maximum atomic E-state index is 13.0. The third-order valence-corrected chi connectivity index (χ3v) is 6.94. The quantitative estimate of drug-likeness (QED) is 0.231. The summed E-state index contributed by atoms with van der Waals surface area (Å²) in [5.74, 6) is -2.50. The van der Waals surface area contributed by atoms with Crippen LogP contribution in [0.15, 0.2) is 77.7 Å². The smallest absolute Gasteiger partial charge is 0.338 e. The molecule has 194 valence electrons. The molecule has 0 bridgehead atoms. The first-order valence-corrected chi connectivity index (χ1v) is 12.6. The van der Waals surface area contributed by atoms with Gasteiger partial charge in [-0.15, -0.1) is 11.8 Å². The maximum Gasteiger partial charge on any atom is 0.338 e. The Bertz CT molecular complexity index is 1380. The molecule has 1 fully saturated rings. The van der Waals surface area contributed by atoms with Crippen LogP contribution < -0.4 is 9.64 Å². The summed E-state index contributed by atoms with van der Waals surface area (Å²) in [6.45, 7) is 1.91. The average Bonchev–Trinajstić information content (AvgIpc) is 3.20. The first kappa shape index (κ1) is 26.6. The summed E-state index contributed by atoms with van der Waals surface area (Å²) in [6, 6.07) is 18.5. The molecule has 1 N–H and O–H groups in total. The molecule has 9 nitrogen and oxygen atoms in total. The van der Waals surface area contributed by atoms with Crippen molar-refractivity contribution in [3.05, 3.63) is 89.5 Å². The van der Waals surface area contributed by atoms with Crippen molar-refractivity contribution in [2.75, 3.05) is 18.1 Å². The minimum Gasteiger partial charge on any atom is -0.494 e. The van der Waals surface area contributed by atoms with Crippen molar-refractivity contribution in [1.82, 2.24) is 0 Å². The topological polar surface area (TPSA) is 127 Å². The number of amides is 2. The Morgan fingerprint density at radius 3 is 2.26 bits per heavy atom. The van der Waals surface area contributed by atoms with E-state index in [1.165, 1.54) is 30.3 Å². The molecule has 10 heteroatoms. The van der Waals surface area contributed by atoms with Gasteiger partial charge in [-0.3, -0.25) is 14.4 Å². The van der Waals surface area contributed by atoms with Gasteiger partial charge in [0.15, 0.2) is 12.4 Å². The van der Waals surface area contributed by atoms with Crippen LogP contribution in [0.3, 0.4) is 0 Å². The second-order valence-electron chi connectivity index (χ2n) is 8.18. The zero-order valence-electron chi connectivity index (χ0n) is 20.3. The van der Waals surface area contributed by atoms with Crippen molar-refractivity contribution >= 4 is 47.0 Å². The first-order valence-electron chi connectivity index (χ1n) is 11.7. The first-order chi connectivity index (χ1) is 18.3. The highest BCUT2D eigenvalue weighted by molar-refractivity contribution is 8.00. The molecule has 4 rings (SSSR count). The number of Topliss-reactive ketones (excluding diaryl/α,β-unsaturated/α-hetero) is 1. The SMILES string of the molecule is CCOc1ccc(C(=O)COC(=O)c2ccc(N3C(=O)CC(Sc4ccccc4C(=O)O)C3=O)cc2)cc1. The molecule has 1 unspecified atom stereocenters. The zero-order chi connectivity index (χ0) is 27.2. The van der Waals surface area contributed by atoms with E-state index in [0.717, 1.165) is 16.7 Å². The monoisotopic (exact) mass is 533 g/mol. The number of aromatic carboxylic acids is 1. The summed E-state index contributed by atoms with van der Waals surface area (Å²) in [5, 5.41) is 8.60. The Hall–Kier alpha value is -4.44. The number of carbonyl (C=O) groups excluding carboxylic acids is 4. The van der Waals surface area contributed by atoms with Gasteiger partial charge < -0.3 is 14.6 Å². The number of esters is 1. The fourth-order valence-electron chi connectivity index (χ4n) is 3.81. The number of anilines is 1. The Kier molecular flexibility index (Phi) is 8.22. The number of benzene rings is 3. The number of rotatable bonds is 10. The van der Waals surface area contributed by atoms with E-state index in [1.807, 2.05) is 6.92 Å². The van der Waals surface area contributed by atoms with Crippen LogP contribution in [0.2, 0.25) is 0 Å². The Balaban J connectivity index is 1.37. The van der Waals surface area contributed by atoms with Gasteiger partial charge in [0.05, 0.1) is 28.7 Å². The Morgan fingerprint density at radius 1 is 0.947 bits per heavy atom. The van der Waals surface area contributed by atoms with Crippen molar-refractivity contribution in [1.29, 1.82) is 0 Å². The van der Waals surface area contributed by atoms with E-state index in [9.17, 15) is 29.1 Å². The molecule has 3 aromatic carbocycles. The maximum absolute atomic E-state index is 13.0. The van der Waals surface area contributed by atoms with Gasteiger partial charge in [0.1, 0.15) is 5.75 Å². The third kappa shape index (κ3) is 5.92. The minimum absolute atomic E-state index is 0.0556. The van der Waals surface area contributed by atoms with E-state index < -0.39 is 35.6 Å². The van der Waals surface area contributed by atoms with Crippen LogP contribution >= 0.6 is 11.8 Å². The summed E-state index contributed by atoms with van der Waals surface area (Å²) < 4.78 is 10.5. The van der Waals surface area contributed by atoms with Crippen LogP contribution in [0.4, 0.5) is 5.69 Å². The lowest BCUT2D eigenvalue weighted by molar-refractivity contribution is -0.121. The second kappa shape index (κ2) is 11.7. The van der Waals surface area contributed by atoms with Crippen LogP contribution in [0, 0.1) is 0 Å². The molecule has 0 saturated carbocycles. The van der Waals surface area contributed by atoms with Crippen LogP contribution in [0.1, 0.15) is 44.4 Å². The van der Waals surface area contributed by atoms with Crippen LogP contribution in [-0.4, -0.2) is 53.1 Å². The molecule has 1 saturated heterocycles. The minimum atomic E-state index is -1.12. The van der Waals surface area contributed by atoms with Gasteiger partial charge in [-0.05, 0) is 67.6 Å². The standard InChI is InChI=1S/C28H23NO8S/c1-2-36-20-13-9-17(10-14-20)22(30)16-37-28(35)18-7-11-19(12-8-18)29-25(31)15-24(26(29)32)38-23-6-4-3-5-21(23)27(33)34/h3-14,24H,2,15-16H2,1H3,(H,33,34). The van der Waals surface area contributed by atoms with E-state index in [1.54, 1.807) is 42.5 Å². The number of nitrogens with zero attached hydrogens (tertiary/aromatic N) is 1. The molecular weight excluding hydrogens is 510 g/mol. The highest BCUT2D eigenvalue weighted by Crippen LogP contribution is 2.35. The lowest BCUT2D eigenvalue weighted by Crippen LogP contribution is -2.31. The van der Waals surface area contributed by atoms with Gasteiger partial charge in [-0.25, -0.2) is 14.5 Å². The molecule has 0 radical (unpaired) electrons. The highest BCUT2D eigenvalue weighted by Gasteiger charge is 2.40. The molecule has 3 aromatic rings. The number of carboxylic acid groups (broad SMARTS) is 1. The molecule has 0 spiro atoms.